The molecule has 2 N–H and O–H groups in total. The van der Waals surface area contributed by atoms with E-state index in [4.69, 9.17) is 23.2 Å². The number of carbonyl (C=O) groups excluding carboxylic acids is 2. The number of nitrogens with one attached hydrogen (secondary N) is 1. The molecule has 2 atom stereocenters. The van der Waals surface area contributed by atoms with Crippen LogP contribution in [0.1, 0.15) is 60.0 Å². The fourth-order valence-corrected chi connectivity index (χ4v) is 7.83. The number of rotatable bonds is 8. The maximum absolute atomic E-state index is 13.5. The average Bonchev–Trinajstić information content (AvgIpc) is 3.76. The maximum atomic E-state index is 13.5. The Labute approximate surface area is 280 Å². The summed E-state index contributed by atoms with van der Waals surface area (Å²) in [6.45, 7) is 4.05. The van der Waals surface area contributed by atoms with Crippen molar-refractivity contribution in [3.05, 3.63) is 106 Å². The molecule has 2 unspecified atom stereocenters. The Bertz CT molecular complexity index is 1560. The Kier molecular flexibility index (Phi) is 9.59. The predicted molar refractivity (Wildman–Crippen MR) is 179 cm³/mol. The Morgan fingerprint density at radius 2 is 1.52 bits per heavy atom. The van der Waals surface area contributed by atoms with Crippen LogP contribution >= 0.6 is 23.2 Å². The zero-order chi connectivity index (χ0) is 32.3. The third-order valence-corrected chi connectivity index (χ3v) is 11.0. The van der Waals surface area contributed by atoms with E-state index in [-0.39, 0.29) is 17.4 Å². The number of amides is 3. The Morgan fingerprint density at radius 3 is 2.20 bits per heavy atom. The first-order valence-corrected chi connectivity index (χ1v) is 16.8. The lowest BCUT2D eigenvalue weighted by atomic mass is 9.76. The second-order valence-corrected chi connectivity index (χ2v) is 13.7. The minimum absolute atomic E-state index is 0.0343. The van der Waals surface area contributed by atoms with Gasteiger partial charge in [0.15, 0.2) is 0 Å². The van der Waals surface area contributed by atoms with E-state index in [1.54, 1.807) is 0 Å². The summed E-state index contributed by atoms with van der Waals surface area (Å²) in [7, 11) is 0. The van der Waals surface area contributed by atoms with Crippen molar-refractivity contribution >= 4 is 41.1 Å². The van der Waals surface area contributed by atoms with Crippen LogP contribution in [0.25, 0.3) is 0 Å². The number of benzene rings is 3. The first kappa shape index (κ1) is 32.4. The van der Waals surface area contributed by atoms with Gasteiger partial charge in [-0.05, 0) is 80.5 Å². The lowest BCUT2D eigenvalue weighted by Crippen LogP contribution is -2.57. The lowest BCUT2D eigenvalue weighted by Gasteiger charge is -2.44. The maximum Gasteiger partial charge on any atom is 0.326 e. The number of carboxylic acid groups (broad SMARTS) is 1. The molecule has 0 bridgehead atoms. The number of aliphatic carboxylic acids is 1. The molecule has 3 saturated heterocycles. The molecule has 0 saturated carbocycles. The van der Waals surface area contributed by atoms with Crippen LogP contribution in [0.15, 0.2) is 78.9 Å². The van der Waals surface area contributed by atoms with Crippen molar-refractivity contribution in [2.24, 2.45) is 0 Å². The van der Waals surface area contributed by atoms with Crippen molar-refractivity contribution in [1.82, 2.24) is 20.0 Å². The second kappa shape index (κ2) is 13.6. The number of piperidine rings is 1. The topological polar surface area (TPSA) is 93.2 Å². The first-order chi connectivity index (χ1) is 22.2. The van der Waals surface area contributed by atoms with Crippen molar-refractivity contribution in [1.29, 1.82) is 0 Å². The molecule has 6 rings (SSSR count). The Hall–Kier alpha value is -3.59. The molecule has 0 aliphatic carbocycles. The van der Waals surface area contributed by atoms with Crippen LogP contribution < -0.4 is 5.32 Å². The molecule has 46 heavy (non-hydrogen) atoms. The van der Waals surface area contributed by atoms with E-state index in [1.807, 2.05) is 83.8 Å². The van der Waals surface area contributed by atoms with Crippen LogP contribution in [0, 0.1) is 0 Å². The van der Waals surface area contributed by atoms with E-state index < -0.39 is 17.6 Å². The lowest BCUT2D eigenvalue weighted by molar-refractivity contribution is -0.141. The standard InChI is InChI=1S/C36H40Cl2N4O4/c37-29-14-13-28(24-30(29)38)35(16-23-41(25-35)32(43)26-8-3-1-4-9-26)15-20-40-21-17-36(18-22-40,27-10-5-2-6-11-27)39-34(46)42-19-7-12-31(42)33(44)45/h1-6,8-11,13-14,24,31H,7,12,15-23,25H2,(H,39,46)(H,44,45). The number of halogens is 2. The van der Waals surface area contributed by atoms with Crippen molar-refractivity contribution in [2.45, 2.75) is 55.5 Å². The number of carbonyl (C=O) groups is 3. The SMILES string of the molecule is O=C(O)C1CCCN1C(=O)NC1(c2ccccc2)CCN(CCC2(c3ccc(Cl)c(Cl)c3)CCN(C(=O)c3ccccc3)C2)CC1. The van der Waals surface area contributed by atoms with Crippen molar-refractivity contribution < 1.29 is 19.5 Å². The van der Waals surface area contributed by atoms with Gasteiger partial charge >= 0.3 is 12.0 Å². The summed E-state index contributed by atoms with van der Waals surface area (Å²) < 4.78 is 0. The molecule has 242 valence electrons. The molecule has 3 aliphatic heterocycles. The van der Waals surface area contributed by atoms with Crippen LogP contribution in [0.5, 0.6) is 0 Å². The summed E-state index contributed by atoms with van der Waals surface area (Å²) in [4.78, 5) is 44.6. The van der Waals surface area contributed by atoms with E-state index in [1.165, 1.54) is 4.90 Å². The molecule has 3 aliphatic rings. The highest BCUT2D eigenvalue weighted by atomic mass is 35.5. The highest BCUT2D eigenvalue weighted by Gasteiger charge is 2.44. The third-order valence-electron chi connectivity index (χ3n) is 10.3. The molecule has 0 spiro atoms. The molecule has 8 nitrogen and oxygen atoms in total. The largest absolute Gasteiger partial charge is 0.480 e. The first-order valence-electron chi connectivity index (χ1n) is 16.1. The third kappa shape index (κ3) is 6.61. The summed E-state index contributed by atoms with van der Waals surface area (Å²) in [6.07, 6.45) is 4.22. The summed E-state index contributed by atoms with van der Waals surface area (Å²) in [5.41, 5.74) is 1.95. The summed E-state index contributed by atoms with van der Waals surface area (Å²) in [5.74, 6) is -0.921. The zero-order valence-electron chi connectivity index (χ0n) is 25.8. The van der Waals surface area contributed by atoms with Gasteiger partial charge in [-0.1, -0.05) is 77.8 Å². The van der Waals surface area contributed by atoms with Crippen molar-refractivity contribution in [3.63, 3.8) is 0 Å². The van der Waals surface area contributed by atoms with Crippen molar-refractivity contribution in [3.8, 4) is 0 Å². The van der Waals surface area contributed by atoms with Crippen LogP contribution in [0.2, 0.25) is 10.0 Å². The van der Waals surface area contributed by atoms with Gasteiger partial charge in [-0.3, -0.25) is 4.79 Å². The van der Waals surface area contributed by atoms with Crippen molar-refractivity contribution in [2.75, 3.05) is 39.3 Å². The molecule has 0 radical (unpaired) electrons. The number of urea groups is 1. The summed E-state index contributed by atoms with van der Waals surface area (Å²) >= 11 is 12.8. The number of hydrogen-bond donors (Lipinski definition) is 2. The minimum atomic E-state index is -0.955. The molecule has 0 aromatic heterocycles. The predicted octanol–water partition coefficient (Wildman–Crippen LogP) is 6.42. The molecule has 3 heterocycles. The van der Waals surface area contributed by atoms with Crippen LogP contribution in [-0.2, 0) is 15.7 Å². The van der Waals surface area contributed by atoms with Crippen LogP contribution in [-0.4, -0.2) is 83.0 Å². The molecule has 10 heteroatoms. The summed E-state index contributed by atoms with van der Waals surface area (Å²) in [5, 5.41) is 14.0. The van der Waals surface area contributed by atoms with Gasteiger partial charge in [-0.2, -0.15) is 0 Å². The molecule has 3 aromatic rings. The number of hydrogen-bond acceptors (Lipinski definition) is 4. The number of carboxylic acids is 1. The van der Waals surface area contributed by atoms with E-state index in [0.29, 0.717) is 60.9 Å². The highest BCUT2D eigenvalue weighted by molar-refractivity contribution is 6.42. The van der Waals surface area contributed by atoms with Crippen LogP contribution in [0.4, 0.5) is 4.79 Å². The smallest absolute Gasteiger partial charge is 0.326 e. The van der Waals surface area contributed by atoms with Gasteiger partial charge in [-0.25, -0.2) is 9.59 Å². The molecule has 3 amide bonds. The van der Waals surface area contributed by atoms with Crippen LogP contribution in [0.3, 0.4) is 0 Å². The fraction of sp³-hybridized carbons (Fsp3) is 0.417. The monoisotopic (exact) mass is 662 g/mol. The molecule has 3 fully saturated rings. The Balaban J connectivity index is 1.18. The van der Waals surface area contributed by atoms with Gasteiger partial charge < -0.3 is 25.1 Å². The molecule has 3 aromatic carbocycles. The molecular weight excluding hydrogens is 623 g/mol. The van der Waals surface area contributed by atoms with Gasteiger partial charge in [0.2, 0.25) is 0 Å². The number of nitrogens with zero attached hydrogens (tertiary/aromatic N) is 3. The number of likely N-dealkylation sites (tertiary alicyclic amines) is 3. The average molecular weight is 664 g/mol. The minimum Gasteiger partial charge on any atom is -0.480 e. The van der Waals surface area contributed by atoms with E-state index >= 15 is 0 Å². The van der Waals surface area contributed by atoms with Gasteiger partial charge in [0.1, 0.15) is 6.04 Å². The van der Waals surface area contributed by atoms with Gasteiger partial charge in [-0.15, -0.1) is 0 Å². The van der Waals surface area contributed by atoms with Gasteiger partial charge in [0.05, 0.1) is 15.6 Å². The zero-order valence-corrected chi connectivity index (χ0v) is 27.3. The van der Waals surface area contributed by atoms with Gasteiger partial charge in [0.25, 0.3) is 5.91 Å². The second-order valence-electron chi connectivity index (χ2n) is 12.9. The van der Waals surface area contributed by atoms with E-state index in [2.05, 4.69) is 10.2 Å². The Morgan fingerprint density at radius 1 is 0.826 bits per heavy atom. The molecular formula is C36H40Cl2N4O4. The normalized spacial score (nSPS) is 23.0. The van der Waals surface area contributed by atoms with E-state index in [9.17, 15) is 19.5 Å². The quantitative estimate of drug-likeness (QED) is 0.291. The van der Waals surface area contributed by atoms with E-state index in [0.717, 1.165) is 43.6 Å². The highest BCUT2D eigenvalue weighted by Crippen LogP contribution is 2.41. The fourth-order valence-electron chi connectivity index (χ4n) is 7.54. The van der Waals surface area contributed by atoms with Gasteiger partial charge in [0, 0.05) is 43.7 Å². The summed E-state index contributed by atoms with van der Waals surface area (Å²) in [6, 6.07) is 24.2.